The number of hydrogen-bond acceptors (Lipinski definition) is 3. The second-order valence-corrected chi connectivity index (χ2v) is 3.98. The van der Waals surface area contributed by atoms with E-state index in [1.165, 1.54) is 4.90 Å². The van der Waals surface area contributed by atoms with Crippen LogP contribution in [0.5, 0.6) is 0 Å². The lowest BCUT2D eigenvalue weighted by molar-refractivity contribution is -0.132. The molecule has 0 aliphatic heterocycles. The van der Waals surface area contributed by atoms with Crippen LogP contribution in [0.2, 0.25) is 0 Å². The number of carbonyl (C=O) groups excluding carboxylic acids is 1. The third-order valence-corrected chi connectivity index (χ3v) is 2.78. The van der Waals surface area contributed by atoms with E-state index in [1.807, 2.05) is 18.2 Å². The number of H-pyrrole nitrogens is 1. The largest absolute Gasteiger partial charge is 0.387 e. The van der Waals surface area contributed by atoms with Gasteiger partial charge in [-0.05, 0) is 24.1 Å². The quantitative estimate of drug-likeness (QED) is 0.810. The number of carbonyl (C=O) groups is 1. The first-order chi connectivity index (χ1) is 8.20. The number of benzene rings is 1. The molecule has 5 heteroatoms. The molecule has 2 rings (SSSR count). The Kier molecular flexibility index (Phi) is 3.39. The Bertz CT molecular complexity index is 521. The van der Waals surface area contributed by atoms with Crippen LogP contribution in [0, 0.1) is 0 Å². The minimum atomic E-state index is -0.434. The summed E-state index contributed by atoms with van der Waals surface area (Å²) in [7, 11) is 1.69. The highest BCUT2D eigenvalue weighted by atomic mass is 16.3. The number of aliphatic hydroxyl groups excluding tert-OH is 1. The van der Waals surface area contributed by atoms with Gasteiger partial charge in [-0.25, -0.2) is 4.98 Å². The monoisotopic (exact) mass is 233 g/mol. The Morgan fingerprint density at radius 2 is 2.35 bits per heavy atom. The molecule has 2 aromatic rings. The fourth-order valence-electron chi connectivity index (χ4n) is 1.68. The van der Waals surface area contributed by atoms with Gasteiger partial charge < -0.3 is 15.0 Å². The van der Waals surface area contributed by atoms with Crippen LogP contribution in [0.3, 0.4) is 0 Å². The molecule has 0 bridgehead atoms. The van der Waals surface area contributed by atoms with E-state index in [9.17, 15) is 4.79 Å². The molecule has 0 aliphatic rings. The number of aromatic nitrogens is 2. The van der Waals surface area contributed by atoms with Gasteiger partial charge in [-0.1, -0.05) is 6.07 Å². The van der Waals surface area contributed by atoms with Gasteiger partial charge in [-0.2, -0.15) is 0 Å². The van der Waals surface area contributed by atoms with Gasteiger partial charge in [-0.3, -0.25) is 4.79 Å². The lowest BCUT2D eigenvalue weighted by Gasteiger charge is -2.15. The zero-order valence-corrected chi connectivity index (χ0v) is 9.68. The van der Waals surface area contributed by atoms with Crippen LogP contribution < -0.4 is 0 Å². The number of nitrogens with one attached hydrogen (secondary N) is 1. The summed E-state index contributed by atoms with van der Waals surface area (Å²) < 4.78 is 0. The van der Waals surface area contributed by atoms with Gasteiger partial charge in [0.15, 0.2) is 0 Å². The van der Waals surface area contributed by atoms with Crippen molar-refractivity contribution in [3.63, 3.8) is 0 Å². The Balaban J connectivity index is 2.01. The van der Waals surface area contributed by atoms with Gasteiger partial charge in [-0.15, -0.1) is 0 Å². The van der Waals surface area contributed by atoms with Gasteiger partial charge >= 0.3 is 0 Å². The molecule has 1 aromatic carbocycles. The molecule has 0 fully saturated rings. The molecular formula is C12H15N3O2. The van der Waals surface area contributed by atoms with Gasteiger partial charge in [0, 0.05) is 13.6 Å². The van der Waals surface area contributed by atoms with Crippen LogP contribution in [-0.4, -0.2) is 46.1 Å². The first kappa shape index (κ1) is 11.6. The third kappa shape index (κ3) is 2.62. The summed E-state index contributed by atoms with van der Waals surface area (Å²) in [6.45, 7) is 0.162. The Morgan fingerprint density at radius 1 is 1.53 bits per heavy atom. The highest BCUT2D eigenvalue weighted by Gasteiger charge is 2.06. The van der Waals surface area contributed by atoms with Crippen molar-refractivity contribution in [2.24, 2.45) is 0 Å². The van der Waals surface area contributed by atoms with Crippen molar-refractivity contribution < 1.29 is 9.90 Å². The van der Waals surface area contributed by atoms with E-state index in [0.29, 0.717) is 6.54 Å². The number of fused-ring (bicyclic) bond motifs is 1. The Morgan fingerprint density at radius 3 is 3.12 bits per heavy atom. The first-order valence-electron chi connectivity index (χ1n) is 5.47. The number of amides is 1. The van der Waals surface area contributed by atoms with Crippen molar-refractivity contribution in [3.8, 4) is 0 Å². The van der Waals surface area contributed by atoms with E-state index in [1.54, 1.807) is 13.4 Å². The van der Waals surface area contributed by atoms with Crippen LogP contribution in [0.1, 0.15) is 5.56 Å². The predicted molar refractivity (Wildman–Crippen MR) is 64.5 cm³/mol. The molecule has 90 valence electrons. The van der Waals surface area contributed by atoms with Gasteiger partial charge in [0.05, 0.1) is 17.4 Å². The van der Waals surface area contributed by atoms with E-state index >= 15 is 0 Å². The minimum absolute atomic E-state index is 0.257. The number of imidazole rings is 1. The summed E-state index contributed by atoms with van der Waals surface area (Å²) in [4.78, 5) is 19.9. The second-order valence-electron chi connectivity index (χ2n) is 3.98. The van der Waals surface area contributed by atoms with Gasteiger partial charge in [0.25, 0.3) is 0 Å². The number of nitrogens with zero attached hydrogens (tertiary/aromatic N) is 2. The number of rotatable bonds is 4. The molecular weight excluding hydrogens is 218 g/mol. The van der Waals surface area contributed by atoms with E-state index in [2.05, 4.69) is 9.97 Å². The van der Waals surface area contributed by atoms with Crippen molar-refractivity contribution in [1.82, 2.24) is 14.9 Å². The van der Waals surface area contributed by atoms with Crippen molar-refractivity contribution in [1.29, 1.82) is 0 Å². The zero-order chi connectivity index (χ0) is 12.3. The van der Waals surface area contributed by atoms with Gasteiger partial charge in [0.1, 0.15) is 6.61 Å². The molecule has 1 aromatic heterocycles. The topological polar surface area (TPSA) is 69.2 Å². The second kappa shape index (κ2) is 4.97. The molecule has 1 amide bonds. The number of likely N-dealkylation sites (N-methyl/N-ethyl adjacent to an activating group) is 1. The molecule has 0 atom stereocenters. The van der Waals surface area contributed by atoms with Gasteiger partial charge in [0.2, 0.25) is 5.91 Å². The van der Waals surface area contributed by atoms with Crippen molar-refractivity contribution in [2.45, 2.75) is 6.42 Å². The fourth-order valence-corrected chi connectivity index (χ4v) is 1.68. The van der Waals surface area contributed by atoms with Crippen molar-refractivity contribution in [3.05, 3.63) is 30.1 Å². The summed E-state index contributed by atoms with van der Waals surface area (Å²) in [6, 6.07) is 5.98. The first-order valence-corrected chi connectivity index (χ1v) is 5.47. The van der Waals surface area contributed by atoms with Crippen LogP contribution >= 0.6 is 0 Å². The molecule has 0 unspecified atom stereocenters. The SMILES string of the molecule is CN(CCc1ccc2nc[nH]c2c1)C(=O)CO. The Labute approximate surface area is 99.1 Å². The van der Waals surface area contributed by atoms with Crippen LogP contribution in [0.4, 0.5) is 0 Å². The summed E-state index contributed by atoms with van der Waals surface area (Å²) in [5.41, 5.74) is 3.08. The zero-order valence-electron chi connectivity index (χ0n) is 9.68. The molecule has 0 saturated carbocycles. The standard InChI is InChI=1S/C12H15N3O2/c1-15(12(17)7-16)5-4-9-2-3-10-11(6-9)14-8-13-10/h2-3,6,8,16H,4-5,7H2,1H3,(H,13,14). The lowest BCUT2D eigenvalue weighted by atomic mass is 10.1. The van der Waals surface area contributed by atoms with Crippen LogP contribution in [0.25, 0.3) is 11.0 Å². The molecule has 0 aliphatic carbocycles. The lowest BCUT2D eigenvalue weighted by Crippen LogP contribution is -2.31. The summed E-state index contributed by atoms with van der Waals surface area (Å²) in [5, 5.41) is 8.71. The average Bonchev–Trinajstić information content (AvgIpc) is 2.82. The third-order valence-electron chi connectivity index (χ3n) is 2.78. The van der Waals surface area contributed by atoms with Crippen molar-refractivity contribution in [2.75, 3.05) is 20.2 Å². The molecule has 2 N–H and O–H groups in total. The maximum Gasteiger partial charge on any atom is 0.248 e. The van der Waals surface area contributed by atoms with Crippen LogP contribution in [-0.2, 0) is 11.2 Å². The predicted octanol–water partition coefficient (Wildman–Crippen LogP) is 0.556. The van der Waals surface area contributed by atoms with E-state index < -0.39 is 6.61 Å². The average molecular weight is 233 g/mol. The summed E-state index contributed by atoms with van der Waals surface area (Å²) in [6.07, 6.45) is 2.42. The van der Waals surface area contributed by atoms with Crippen LogP contribution in [0.15, 0.2) is 24.5 Å². The molecule has 0 spiro atoms. The molecule has 0 radical (unpaired) electrons. The van der Waals surface area contributed by atoms with Crippen molar-refractivity contribution >= 4 is 16.9 Å². The molecule has 1 heterocycles. The highest BCUT2D eigenvalue weighted by molar-refractivity contribution is 5.77. The fraction of sp³-hybridized carbons (Fsp3) is 0.333. The maximum atomic E-state index is 11.2. The normalized spacial score (nSPS) is 10.7. The summed E-state index contributed by atoms with van der Waals surface area (Å²) in [5.74, 6) is -0.257. The van der Waals surface area contributed by atoms with E-state index in [0.717, 1.165) is 23.0 Å². The molecule has 17 heavy (non-hydrogen) atoms. The maximum absolute atomic E-state index is 11.2. The minimum Gasteiger partial charge on any atom is -0.387 e. The van der Waals surface area contributed by atoms with E-state index in [4.69, 9.17) is 5.11 Å². The smallest absolute Gasteiger partial charge is 0.248 e. The Hall–Kier alpha value is -1.88. The highest BCUT2D eigenvalue weighted by Crippen LogP contribution is 2.12. The van der Waals surface area contributed by atoms with E-state index in [-0.39, 0.29) is 5.91 Å². The molecule has 0 saturated heterocycles. The summed E-state index contributed by atoms with van der Waals surface area (Å²) >= 11 is 0. The molecule has 5 nitrogen and oxygen atoms in total. The number of aliphatic hydroxyl groups is 1. The number of hydrogen-bond donors (Lipinski definition) is 2. The number of aromatic amines is 1.